The molecule has 9 aromatic rings. The molecule has 0 saturated carbocycles. The van der Waals surface area contributed by atoms with Crippen LogP contribution in [0.25, 0.3) is 33.6 Å². The number of pyridine rings is 1. The van der Waals surface area contributed by atoms with Gasteiger partial charge < -0.3 is 9.47 Å². The number of ether oxygens (including phenoxy) is 2. The average Bonchev–Trinajstić information content (AvgIpc) is 3.38. The molecule has 1 atom stereocenters. The summed E-state index contributed by atoms with van der Waals surface area (Å²) in [4.78, 5) is 5.69. The van der Waals surface area contributed by atoms with Crippen LogP contribution in [0.15, 0.2) is 236 Å². The van der Waals surface area contributed by atoms with Gasteiger partial charge in [0, 0.05) is 33.4 Å². The smallest absolute Gasteiger partial charge is 0.141 e. The molecule has 3 aliphatic rings. The normalized spacial score (nSPS) is 16.4. The minimum absolute atomic E-state index is 0.618. The Morgan fingerprint density at radius 1 is 0.415 bits per heavy atom. The summed E-state index contributed by atoms with van der Waals surface area (Å²) < 4.78 is 14.4. The fourth-order valence-electron chi connectivity index (χ4n) is 10.9. The van der Waals surface area contributed by atoms with Gasteiger partial charge in [0.2, 0.25) is 0 Å². The molecule has 3 heteroatoms. The molecular formula is C62H45NO2. The number of aromatic nitrogens is 1. The van der Waals surface area contributed by atoms with Crippen LogP contribution in [0.1, 0.15) is 57.3 Å². The first kappa shape index (κ1) is 38.6. The first-order valence-corrected chi connectivity index (χ1v) is 22.6. The van der Waals surface area contributed by atoms with Crippen molar-refractivity contribution >= 4 is 0 Å². The zero-order valence-corrected chi connectivity index (χ0v) is 36.1. The quantitative estimate of drug-likeness (QED) is 0.160. The summed E-state index contributed by atoms with van der Waals surface area (Å²) in [5, 5.41) is 0. The number of nitrogens with zero attached hydrogens (tertiary/aromatic N) is 1. The number of allylic oxidation sites excluding steroid dienone is 4. The summed E-state index contributed by atoms with van der Waals surface area (Å²) in [6.45, 7) is 2.18. The van der Waals surface area contributed by atoms with Crippen LogP contribution in [0.5, 0.6) is 23.0 Å². The summed E-state index contributed by atoms with van der Waals surface area (Å²) >= 11 is 0. The maximum Gasteiger partial charge on any atom is 0.141 e. The number of hydrogen-bond acceptors (Lipinski definition) is 3. The summed E-state index contributed by atoms with van der Waals surface area (Å²) in [7, 11) is 0. The van der Waals surface area contributed by atoms with Gasteiger partial charge in [0.25, 0.3) is 0 Å². The van der Waals surface area contributed by atoms with Crippen molar-refractivity contribution in [3.05, 3.63) is 281 Å². The molecule has 0 amide bonds. The minimum Gasteiger partial charge on any atom is -0.456 e. The van der Waals surface area contributed by atoms with E-state index in [9.17, 15) is 0 Å². The van der Waals surface area contributed by atoms with E-state index in [4.69, 9.17) is 14.5 Å². The van der Waals surface area contributed by atoms with Crippen molar-refractivity contribution in [1.29, 1.82) is 0 Å². The number of benzene rings is 8. The minimum atomic E-state index is -0.665. The molecule has 1 aromatic heterocycles. The van der Waals surface area contributed by atoms with E-state index in [-0.39, 0.29) is 0 Å². The van der Waals surface area contributed by atoms with Crippen molar-refractivity contribution < 1.29 is 9.47 Å². The van der Waals surface area contributed by atoms with E-state index in [0.717, 1.165) is 91.7 Å². The van der Waals surface area contributed by atoms with E-state index in [1.54, 1.807) is 0 Å². The Labute approximate surface area is 380 Å². The molecule has 0 spiro atoms. The fourth-order valence-corrected chi connectivity index (χ4v) is 10.9. The summed E-state index contributed by atoms with van der Waals surface area (Å²) in [5.74, 6) is 3.26. The summed E-state index contributed by atoms with van der Waals surface area (Å²) in [6.07, 6.45) is 9.06. The molecular weight excluding hydrogens is 791 g/mol. The van der Waals surface area contributed by atoms with Crippen molar-refractivity contribution in [2.24, 2.45) is 0 Å². The van der Waals surface area contributed by atoms with Gasteiger partial charge in [-0.2, -0.15) is 0 Å². The van der Waals surface area contributed by atoms with Gasteiger partial charge in [0.1, 0.15) is 23.0 Å². The lowest BCUT2D eigenvalue weighted by Crippen LogP contribution is -2.35. The van der Waals surface area contributed by atoms with Gasteiger partial charge >= 0.3 is 0 Å². The third-order valence-electron chi connectivity index (χ3n) is 13.7. The van der Waals surface area contributed by atoms with Crippen molar-refractivity contribution in [1.82, 2.24) is 4.98 Å². The molecule has 0 radical (unpaired) electrons. The van der Waals surface area contributed by atoms with Gasteiger partial charge in [-0.05, 0) is 95.1 Å². The Morgan fingerprint density at radius 2 is 0.862 bits per heavy atom. The van der Waals surface area contributed by atoms with Crippen molar-refractivity contribution in [3.8, 4) is 56.6 Å². The second-order valence-corrected chi connectivity index (χ2v) is 17.2. The van der Waals surface area contributed by atoms with Crippen molar-refractivity contribution in [3.63, 3.8) is 0 Å². The number of hydrogen-bond donors (Lipinski definition) is 0. The highest BCUT2D eigenvalue weighted by Crippen LogP contribution is 2.60. The molecule has 1 aliphatic carbocycles. The number of fused-ring (bicyclic) bond motifs is 4. The Hall–Kier alpha value is -8.01. The molecule has 8 aromatic carbocycles. The van der Waals surface area contributed by atoms with Crippen LogP contribution in [-0.2, 0) is 10.8 Å². The van der Waals surface area contributed by atoms with E-state index >= 15 is 0 Å². The first-order valence-electron chi connectivity index (χ1n) is 22.6. The lowest BCUT2D eigenvalue weighted by atomic mass is 9.62. The molecule has 310 valence electrons. The second-order valence-electron chi connectivity index (χ2n) is 17.2. The Kier molecular flexibility index (Phi) is 9.31. The molecule has 2 aliphatic heterocycles. The van der Waals surface area contributed by atoms with Crippen molar-refractivity contribution in [2.75, 3.05) is 0 Å². The molecule has 0 bridgehead atoms. The number of rotatable bonds is 7. The SMILES string of the molecule is Cc1ccccc1-c1cc(-c2cccc3c2Oc2ccccc2C3(C2=CCCC=C2)c2ccccc2)nc(-c2cccc3c2Oc2ccccc2C3(c2ccccc2)c2ccccc2)c1. The lowest BCUT2D eigenvalue weighted by molar-refractivity contribution is 0.435. The summed E-state index contributed by atoms with van der Waals surface area (Å²) in [6, 6.07) is 75.9. The number of para-hydroxylation sites is 4. The van der Waals surface area contributed by atoms with Crippen LogP contribution in [0.4, 0.5) is 0 Å². The Balaban J connectivity index is 1.14. The highest BCUT2D eigenvalue weighted by atomic mass is 16.5. The molecule has 3 nitrogen and oxygen atoms in total. The summed E-state index contributed by atoms with van der Waals surface area (Å²) in [5.41, 5.74) is 14.7. The highest BCUT2D eigenvalue weighted by Gasteiger charge is 2.48. The lowest BCUT2D eigenvalue weighted by Gasteiger charge is -2.43. The zero-order valence-electron chi connectivity index (χ0n) is 36.1. The maximum absolute atomic E-state index is 7.18. The van der Waals surface area contributed by atoms with E-state index in [0.29, 0.717) is 0 Å². The Bertz CT molecular complexity index is 3290. The maximum atomic E-state index is 7.18. The molecule has 0 saturated heterocycles. The average molecular weight is 836 g/mol. The van der Waals surface area contributed by atoms with E-state index < -0.39 is 10.8 Å². The van der Waals surface area contributed by atoms with E-state index in [2.05, 4.69) is 237 Å². The first-order chi connectivity index (χ1) is 32.2. The molecule has 0 fully saturated rings. The third kappa shape index (κ3) is 6.00. The molecule has 1 unspecified atom stereocenters. The van der Waals surface area contributed by atoms with Crippen LogP contribution in [0.2, 0.25) is 0 Å². The number of aryl methyl sites for hydroxylation is 1. The van der Waals surface area contributed by atoms with Crippen LogP contribution in [-0.4, -0.2) is 4.98 Å². The Morgan fingerprint density at radius 3 is 1.40 bits per heavy atom. The van der Waals surface area contributed by atoms with E-state index in [1.807, 2.05) is 0 Å². The predicted octanol–water partition coefficient (Wildman–Crippen LogP) is 15.6. The second kappa shape index (κ2) is 15.7. The topological polar surface area (TPSA) is 31.4 Å². The van der Waals surface area contributed by atoms with E-state index in [1.165, 1.54) is 27.8 Å². The highest BCUT2D eigenvalue weighted by molar-refractivity contribution is 5.86. The van der Waals surface area contributed by atoms with Crippen LogP contribution >= 0.6 is 0 Å². The van der Waals surface area contributed by atoms with Gasteiger partial charge in [-0.1, -0.05) is 194 Å². The molecule has 65 heavy (non-hydrogen) atoms. The zero-order chi connectivity index (χ0) is 43.4. The van der Waals surface area contributed by atoms with Crippen molar-refractivity contribution in [2.45, 2.75) is 30.6 Å². The van der Waals surface area contributed by atoms with Crippen LogP contribution in [0, 0.1) is 6.92 Å². The van der Waals surface area contributed by atoms with Crippen LogP contribution in [0.3, 0.4) is 0 Å². The standard InChI is InChI=1S/C62H45NO2/c1-42-22-14-15-31-48(42)43-40-55(49-32-20-36-53-59(49)64-57-38-18-16-34-51(57)61(53,44-23-6-2-7-24-44)45-25-8-3-9-26-45)63-56(41-43)50-33-21-37-54-60(50)65-58-39-19-17-35-52(58)62(54,46-27-10-4-11-28-46)47-29-12-5-13-30-47/h2-4,6-12,14-41H,5,13H2,1H3. The predicted molar refractivity (Wildman–Crippen MR) is 263 cm³/mol. The van der Waals surface area contributed by atoms with Gasteiger partial charge in [-0.25, -0.2) is 4.98 Å². The largest absolute Gasteiger partial charge is 0.456 e. The molecule has 12 rings (SSSR count). The molecule has 3 heterocycles. The van der Waals surface area contributed by atoms with Gasteiger partial charge in [0.05, 0.1) is 22.2 Å². The monoisotopic (exact) mass is 835 g/mol. The van der Waals surface area contributed by atoms with Gasteiger partial charge in [0.15, 0.2) is 0 Å². The van der Waals surface area contributed by atoms with Gasteiger partial charge in [-0.15, -0.1) is 0 Å². The van der Waals surface area contributed by atoms with Crippen LogP contribution < -0.4 is 9.47 Å². The molecule has 0 N–H and O–H groups in total. The van der Waals surface area contributed by atoms with Gasteiger partial charge in [-0.3, -0.25) is 0 Å². The fraction of sp³-hybridized carbons (Fsp3) is 0.0806. The third-order valence-corrected chi connectivity index (χ3v) is 13.7.